The molecule has 0 radical (unpaired) electrons. The van der Waals surface area contributed by atoms with Crippen molar-refractivity contribution in [1.82, 2.24) is 20.4 Å². The van der Waals surface area contributed by atoms with E-state index < -0.39 is 55.5 Å². The van der Waals surface area contributed by atoms with Gasteiger partial charge in [-0.05, 0) is 85.4 Å². The van der Waals surface area contributed by atoms with E-state index in [9.17, 15) is 27.9 Å². The number of carbonyl (C=O) groups excluding carboxylic acids is 3. The number of amides is 2. The first-order chi connectivity index (χ1) is 21.2. The van der Waals surface area contributed by atoms with Gasteiger partial charge in [0.05, 0.1) is 24.7 Å². The Labute approximate surface area is 276 Å². The van der Waals surface area contributed by atoms with Crippen LogP contribution in [0, 0.1) is 11.8 Å². The normalized spacial score (nSPS) is 23.9. The fourth-order valence-corrected chi connectivity index (χ4v) is 7.66. The maximum atomic E-state index is 14.2. The van der Waals surface area contributed by atoms with Gasteiger partial charge in [-0.2, -0.15) is 0 Å². The molecule has 0 aromatic heterocycles. The first-order valence-electron chi connectivity index (χ1n) is 16.4. The number of likely N-dealkylation sites (N-methyl/N-ethyl adjacent to an activating group) is 1. The molecule has 6 atom stereocenters. The number of carbonyl (C=O) groups is 3. The van der Waals surface area contributed by atoms with Crippen LogP contribution in [0.25, 0.3) is 0 Å². The third-order valence-corrected chi connectivity index (χ3v) is 12.1. The van der Waals surface area contributed by atoms with Crippen LogP contribution in [0.2, 0.25) is 0 Å². The predicted molar refractivity (Wildman–Crippen MR) is 181 cm³/mol. The Morgan fingerprint density at radius 2 is 1.63 bits per heavy atom. The van der Waals surface area contributed by atoms with Gasteiger partial charge in [-0.15, -0.1) is 0 Å². The highest BCUT2D eigenvalue weighted by molar-refractivity contribution is 7.92. The van der Waals surface area contributed by atoms with Crippen LogP contribution in [0.1, 0.15) is 72.3 Å². The van der Waals surface area contributed by atoms with Gasteiger partial charge < -0.3 is 26.4 Å². The summed E-state index contributed by atoms with van der Waals surface area (Å²) in [5.41, 5.74) is 4.55. The second kappa shape index (κ2) is 14.8. The number of β-amino-alcohol motifs (C(OH)–C–C–N with tert-alkyl or cyclic N) is 1. The maximum absolute atomic E-state index is 14.2. The van der Waals surface area contributed by atoms with Crippen molar-refractivity contribution in [3.05, 3.63) is 35.9 Å². The quantitative estimate of drug-likeness (QED) is 0.229. The van der Waals surface area contributed by atoms with E-state index >= 15 is 0 Å². The number of likely N-dealkylation sites (tertiary alicyclic amines) is 1. The SMILES string of the molecule is CN(C)CC(=O)[C@@](N)(C(=O)NC(Cc1ccccc1)C(O)CN1C[C@H]2CCCC[C@H]2CC1C(=O)NC(C)(C)C)C(C)(C)S(C)(=O)=O. The molecule has 1 aliphatic heterocycles. The average molecular weight is 664 g/mol. The van der Waals surface area contributed by atoms with Crippen molar-refractivity contribution in [2.45, 2.75) is 107 Å². The summed E-state index contributed by atoms with van der Waals surface area (Å²) < 4.78 is 24.0. The summed E-state index contributed by atoms with van der Waals surface area (Å²) in [6.45, 7) is 8.88. The lowest BCUT2D eigenvalue weighted by Gasteiger charge is -2.47. The lowest BCUT2D eigenvalue weighted by atomic mass is 9.72. The number of nitrogens with two attached hydrogens (primary N) is 1. The molecule has 1 saturated carbocycles. The Bertz CT molecular complexity index is 1330. The largest absolute Gasteiger partial charge is 0.390 e. The number of rotatable bonds is 13. The molecule has 260 valence electrons. The molecule has 0 spiro atoms. The fraction of sp³-hybridized carbons (Fsp3) is 0.735. The van der Waals surface area contributed by atoms with Gasteiger partial charge in [-0.3, -0.25) is 19.3 Å². The number of aliphatic hydroxyl groups is 1. The van der Waals surface area contributed by atoms with E-state index in [1.165, 1.54) is 18.7 Å². The fourth-order valence-electron chi connectivity index (χ4n) is 6.87. The number of hydrogen-bond acceptors (Lipinski definition) is 9. The molecule has 1 heterocycles. The molecule has 3 rings (SSSR count). The van der Waals surface area contributed by atoms with Crippen LogP contribution in [0.15, 0.2) is 30.3 Å². The molecule has 12 heteroatoms. The smallest absolute Gasteiger partial charge is 0.249 e. The summed E-state index contributed by atoms with van der Waals surface area (Å²) in [5, 5.41) is 17.8. The zero-order valence-electron chi connectivity index (χ0n) is 29.0. The van der Waals surface area contributed by atoms with Crippen LogP contribution in [0.4, 0.5) is 0 Å². The lowest BCUT2D eigenvalue weighted by molar-refractivity contribution is -0.139. The molecule has 1 aromatic rings. The van der Waals surface area contributed by atoms with Gasteiger partial charge in [-0.25, -0.2) is 8.42 Å². The molecule has 3 unspecified atom stereocenters. The van der Waals surface area contributed by atoms with E-state index in [4.69, 9.17) is 5.73 Å². The van der Waals surface area contributed by atoms with Crippen molar-refractivity contribution in [1.29, 1.82) is 0 Å². The number of Topliss-reactive ketones (excluding diaryl/α,β-unsaturated/α-hetero) is 1. The molecule has 1 saturated heterocycles. The minimum absolute atomic E-state index is 0.0856. The average Bonchev–Trinajstić information content (AvgIpc) is 2.94. The molecule has 1 aliphatic carbocycles. The predicted octanol–water partition coefficient (Wildman–Crippen LogP) is 1.52. The number of nitrogens with one attached hydrogen (secondary N) is 2. The standard InChI is InChI=1S/C34H57N5O6S/c1-32(2,3)37-30(42)27-19-24-16-12-13-17-25(24)20-39(27)21-28(40)26(18-23-14-10-9-11-15-23)36-31(43)34(35,29(41)22-38(6)7)33(4,5)46(8,44)45/h9-11,14-15,24-28,40H,12-13,16-22,35H2,1-8H3,(H,36,43)(H,37,42)/t24-,25+,26?,27?,28?,34+/m0/s1. The highest BCUT2D eigenvalue weighted by Crippen LogP contribution is 2.39. The number of sulfone groups is 1. The minimum atomic E-state index is -4.01. The van der Waals surface area contributed by atoms with Crippen LogP contribution in [0.3, 0.4) is 0 Å². The van der Waals surface area contributed by atoms with Gasteiger partial charge in [0, 0.05) is 24.9 Å². The monoisotopic (exact) mass is 663 g/mol. The zero-order valence-corrected chi connectivity index (χ0v) is 29.8. The number of nitrogens with zero attached hydrogens (tertiary/aromatic N) is 2. The molecule has 0 bridgehead atoms. The summed E-state index contributed by atoms with van der Waals surface area (Å²) in [5.74, 6) is -0.953. The van der Waals surface area contributed by atoms with Crippen molar-refractivity contribution in [2.75, 3.05) is 40.0 Å². The van der Waals surface area contributed by atoms with Gasteiger partial charge in [0.15, 0.2) is 21.2 Å². The minimum Gasteiger partial charge on any atom is -0.390 e. The first-order valence-corrected chi connectivity index (χ1v) is 18.3. The number of aliphatic hydroxyl groups excluding tert-OH is 1. The number of benzene rings is 1. The van der Waals surface area contributed by atoms with E-state index in [2.05, 4.69) is 10.6 Å². The zero-order chi connectivity index (χ0) is 34.7. The third kappa shape index (κ3) is 8.94. The van der Waals surface area contributed by atoms with Crippen LogP contribution in [0.5, 0.6) is 0 Å². The van der Waals surface area contributed by atoms with E-state index in [1.807, 2.05) is 56.0 Å². The molecular formula is C34H57N5O6S. The summed E-state index contributed by atoms with van der Waals surface area (Å²) in [7, 11) is -0.743. The Balaban J connectivity index is 1.98. The molecule has 11 nitrogen and oxygen atoms in total. The lowest BCUT2D eigenvalue weighted by Crippen LogP contribution is -2.75. The summed E-state index contributed by atoms with van der Waals surface area (Å²) in [6.07, 6.45) is 5.13. The highest BCUT2D eigenvalue weighted by atomic mass is 32.2. The summed E-state index contributed by atoms with van der Waals surface area (Å²) in [6, 6.07) is 7.92. The van der Waals surface area contributed by atoms with Crippen LogP contribution >= 0.6 is 0 Å². The second-order valence-corrected chi connectivity index (χ2v) is 17.9. The van der Waals surface area contributed by atoms with Gasteiger partial charge in [0.2, 0.25) is 11.8 Å². The van der Waals surface area contributed by atoms with Crippen molar-refractivity contribution >= 4 is 27.4 Å². The second-order valence-electron chi connectivity index (χ2n) is 15.3. The van der Waals surface area contributed by atoms with Gasteiger partial charge in [0.1, 0.15) is 4.75 Å². The Morgan fingerprint density at radius 1 is 1.04 bits per heavy atom. The van der Waals surface area contributed by atoms with Crippen LogP contribution in [-0.2, 0) is 30.6 Å². The topological polar surface area (TPSA) is 162 Å². The Kier molecular flexibility index (Phi) is 12.3. The number of hydrogen-bond donors (Lipinski definition) is 4. The molecule has 2 aliphatic rings. The molecular weight excluding hydrogens is 606 g/mol. The van der Waals surface area contributed by atoms with E-state index in [-0.39, 0.29) is 25.4 Å². The molecule has 5 N–H and O–H groups in total. The van der Waals surface area contributed by atoms with Crippen molar-refractivity contribution in [2.24, 2.45) is 17.6 Å². The van der Waals surface area contributed by atoms with Crippen molar-refractivity contribution in [3.63, 3.8) is 0 Å². The number of fused-ring (bicyclic) bond motifs is 1. The third-order valence-electron chi connectivity index (χ3n) is 9.94. The van der Waals surface area contributed by atoms with Crippen LogP contribution in [-0.4, -0.2) is 115 Å². The van der Waals surface area contributed by atoms with E-state index in [0.29, 0.717) is 24.8 Å². The van der Waals surface area contributed by atoms with Gasteiger partial charge >= 0.3 is 0 Å². The molecule has 2 fully saturated rings. The van der Waals surface area contributed by atoms with E-state index in [0.717, 1.165) is 37.5 Å². The summed E-state index contributed by atoms with van der Waals surface area (Å²) >= 11 is 0. The van der Waals surface area contributed by atoms with Gasteiger partial charge in [0.25, 0.3) is 0 Å². The van der Waals surface area contributed by atoms with Crippen molar-refractivity contribution < 1.29 is 27.9 Å². The Hall–Kier alpha value is -2.38. The highest BCUT2D eigenvalue weighted by Gasteiger charge is 2.59. The molecule has 1 aromatic carbocycles. The van der Waals surface area contributed by atoms with Crippen molar-refractivity contribution in [3.8, 4) is 0 Å². The summed E-state index contributed by atoms with van der Waals surface area (Å²) in [4.78, 5) is 44.9. The first kappa shape index (κ1) is 38.1. The number of piperidine rings is 1. The molecule has 2 amide bonds. The molecule has 46 heavy (non-hydrogen) atoms. The van der Waals surface area contributed by atoms with E-state index in [1.54, 1.807) is 14.1 Å². The van der Waals surface area contributed by atoms with Crippen LogP contribution < -0.4 is 16.4 Å². The number of ketones is 1. The van der Waals surface area contributed by atoms with Gasteiger partial charge in [-0.1, -0.05) is 49.6 Å². The maximum Gasteiger partial charge on any atom is 0.249 e. The Morgan fingerprint density at radius 3 is 2.17 bits per heavy atom.